The lowest BCUT2D eigenvalue weighted by Crippen LogP contribution is -2.37. The molecule has 0 bridgehead atoms. The van der Waals surface area contributed by atoms with Crippen LogP contribution in [0.25, 0.3) is 11.3 Å². The molecule has 2 aromatic heterocycles. The minimum absolute atomic E-state index is 0.131. The van der Waals surface area contributed by atoms with Crippen LogP contribution >= 0.6 is 0 Å². The predicted molar refractivity (Wildman–Crippen MR) is 98.0 cm³/mol. The van der Waals surface area contributed by atoms with Gasteiger partial charge in [-0.1, -0.05) is 5.16 Å². The van der Waals surface area contributed by atoms with Gasteiger partial charge in [-0.3, -0.25) is 14.3 Å². The molecule has 1 aromatic carbocycles. The van der Waals surface area contributed by atoms with Crippen molar-refractivity contribution in [3.05, 3.63) is 54.2 Å². The number of amides is 2. The topological polar surface area (TPSA) is 93.3 Å². The van der Waals surface area contributed by atoms with Crippen LogP contribution in [0.1, 0.15) is 23.8 Å². The van der Waals surface area contributed by atoms with Crippen LogP contribution in [0.2, 0.25) is 0 Å². The van der Waals surface area contributed by atoms with Crippen LogP contribution in [0.5, 0.6) is 0 Å². The Morgan fingerprint density at radius 2 is 2.14 bits per heavy atom. The van der Waals surface area contributed by atoms with E-state index in [0.717, 1.165) is 12.1 Å². The van der Waals surface area contributed by atoms with Crippen LogP contribution in [-0.4, -0.2) is 39.3 Å². The second-order valence-electron chi connectivity index (χ2n) is 6.52. The fourth-order valence-electron chi connectivity index (χ4n) is 3.12. The van der Waals surface area contributed by atoms with Gasteiger partial charge in [-0.05, 0) is 31.2 Å². The van der Waals surface area contributed by atoms with Crippen LogP contribution in [0.3, 0.4) is 0 Å². The summed E-state index contributed by atoms with van der Waals surface area (Å²) < 4.78 is 20.1. The van der Waals surface area contributed by atoms with Crippen molar-refractivity contribution in [1.82, 2.24) is 20.3 Å². The zero-order chi connectivity index (χ0) is 19.7. The average molecular weight is 383 g/mol. The molecule has 144 valence electrons. The Balaban J connectivity index is 1.41. The summed E-state index contributed by atoms with van der Waals surface area (Å²) >= 11 is 0. The highest BCUT2D eigenvalue weighted by Crippen LogP contribution is 2.23. The number of aromatic nitrogens is 3. The number of nitrogens with one attached hydrogen (secondary N) is 1. The van der Waals surface area contributed by atoms with Crippen molar-refractivity contribution in [1.29, 1.82) is 0 Å². The van der Waals surface area contributed by atoms with E-state index in [1.807, 2.05) is 6.92 Å². The third kappa shape index (κ3) is 3.51. The highest BCUT2D eigenvalue weighted by Gasteiger charge is 2.32. The Morgan fingerprint density at radius 3 is 2.86 bits per heavy atom. The van der Waals surface area contributed by atoms with E-state index < -0.39 is 5.91 Å². The van der Waals surface area contributed by atoms with E-state index in [4.69, 9.17) is 4.52 Å². The first-order chi connectivity index (χ1) is 13.5. The minimum Gasteiger partial charge on any atom is -0.355 e. The molecular weight excluding hydrogens is 365 g/mol. The average Bonchev–Trinajstić information content (AvgIpc) is 3.41. The number of rotatable bonds is 5. The molecular formula is C19H18FN5O3. The lowest BCUT2D eigenvalue weighted by atomic mass is 10.2. The zero-order valence-electron chi connectivity index (χ0n) is 15.1. The van der Waals surface area contributed by atoms with Crippen LogP contribution < -0.4 is 10.2 Å². The van der Waals surface area contributed by atoms with Gasteiger partial charge in [0.1, 0.15) is 5.82 Å². The maximum absolute atomic E-state index is 13.1. The SMILES string of the molecule is CCn1cc(-c2cc(C(=O)N[C@@H]3CC(=O)N(c4ccc(F)cc4)C3)no2)cn1. The van der Waals surface area contributed by atoms with Crippen LogP contribution in [0, 0.1) is 5.82 Å². The first-order valence-corrected chi connectivity index (χ1v) is 8.90. The van der Waals surface area contributed by atoms with Gasteiger partial charge in [-0.25, -0.2) is 4.39 Å². The van der Waals surface area contributed by atoms with Crippen molar-refractivity contribution in [3.63, 3.8) is 0 Å². The number of anilines is 1. The van der Waals surface area contributed by atoms with Gasteiger partial charge in [0, 0.05) is 37.5 Å². The van der Waals surface area contributed by atoms with Crippen LogP contribution in [0.4, 0.5) is 10.1 Å². The Hall–Kier alpha value is -3.49. The summed E-state index contributed by atoms with van der Waals surface area (Å²) in [6.45, 7) is 3.00. The van der Waals surface area contributed by atoms with Gasteiger partial charge in [-0.15, -0.1) is 0 Å². The quantitative estimate of drug-likeness (QED) is 0.729. The molecule has 0 unspecified atom stereocenters. The largest absolute Gasteiger partial charge is 0.355 e. The first kappa shape index (κ1) is 17.9. The number of aryl methyl sites for hydroxylation is 1. The standard InChI is InChI=1S/C19H18FN5O3/c1-2-24-10-12(9-21-24)17-8-16(23-28-17)19(27)22-14-7-18(26)25(11-14)15-5-3-13(20)4-6-15/h3-6,8-10,14H,2,7,11H2,1H3,(H,22,27)/t14-/m1/s1. The van der Waals surface area contributed by atoms with Crippen LogP contribution in [0.15, 0.2) is 47.2 Å². The second kappa shape index (κ2) is 7.26. The number of hydrogen-bond donors (Lipinski definition) is 1. The van der Waals surface area contributed by atoms with E-state index in [9.17, 15) is 14.0 Å². The Morgan fingerprint density at radius 1 is 1.36 bits per heavy atom. The molecule has 2 amide bonds. The summed E-state index contributed by atoms with van der Waals surface area (Å²) in [6, 6.07) is 6.85. The fraction of sp³-hybridized carbons (Fsp3) is 0.263. The first-order valence-electron chi connectivity index (χ1n) is 8.90. The lowest BCUT2D eigenvalue weighted by Gasteiger charge is -2.16. The summed E-state index contributed by atoms with van der Waals surface area (Å²) in [5.74, 6) is -0.478. The molecule has 3 heterocycles. The van der Waals surface area contributed by atoms with Gasteiger partial charge in [-0.2, -0.15) is 5.10 Å². The van der Waals surface area contributed by atoms with E-state index in [0.29, 0.717) is 18.0 Å². The second-order valence-corrected chi connectivity index (χ2v) is 6.52. The van der Waals surface area contributed by atoms with Crippen molar-refractivity contribution < 1.29 is 18.5 Å². The molecule has 0 radical (unpaired) electrons. The highest BCUT2D eigenvalue weighted by molar-refractivity contribution is 5.98. The Bertz CT molecular complexity index is 1010. The monoisotopic (exact) mass is 383 g/mol. The number of halogens is 1. The molecule has 1 fully saturated rings. The van der Waals surface area contributed by atoms with Gasteiger partial charge < -0.3 is 14.7 Å². The molecule has 1 aliphatic heterocycles. The summed E-state index contributed by atoms with van der Waals surface area (Å²) in [4.78, 5) is 26.2. The van der Waals surface area contributed by atoms with E-state index >= 15 is 0 Å². The number of nitrogens with zero attached hydrogens (tertiary/aromatic N) is 4. The van der Waals surface area contributed by atoms with Crippen molar-refractivity contribution in [2.24, 2.45) is 0 Å². The number of benzene rings is 1. The third-order valence-electron chi connectivity index (χ3n) is 4.58. The number of carbonyl (C=O) groups is 2. The Labute approximate surface area is 159 Å². The van der Waals surface area contributed by atoms with Crippen LogP contribution in [-0.2, 0) is 11.3 Å². The summed E-state index contributed by atoms with van der Waals surface area (Å²) in [7, 11) is 0. The summed E-state index contributed by atoms with van der Waals surface area (Å²) in [5.41, 5.74) is 1.46. The lowest BCUT2D eigenvalue weighted by molar-refractivity contribution is -0.117. The zero-order valence-corrected chi connectivity index (χ0v) is 15.1. The van der Waals surface area contributed by atoms with Gasteiger partial charge in [0.2, 0.25) is 5.91 Å². The molecule has 1 atom stereocenters. The van der Waals surface area contributed by atoms with Crippen molar-refractivity contribution >= 4 is 17.5 Å². The molecule has 0 spiro atoms. The molecule has 0 saturated carbocycles. The molecule has 1 aliphatic rings. The minimum atomic E-state index is -0.420. The molecule has 3 aromatic rings. The van der Waals surface area contributed by atoms with E-state index in [-0.39, 0.29) is 29.9 Å². The molecule has 1 saturated heterocycles. The maximum Gasteiger partial charge on any atom is 0.273 e. The Kier molecular flexibility index (Phi) is 4.64. The normalized spacial score (nSPS) is 16.6. The summed E-state index contributed by atoms with van der Waals surface area (Å²) in [6.07, 6.45) is 3.61. The van der Waals surface area contributed by atoms with E-state index in [1.165, 1.54) is 29.2 Å². The maximum atomic E-state index is 13.1. The molecule has 4 rings (SSSR count). The van der Waals surface area contributed by atoms with Crippen molar-refractivity contribution in [3.8, 4) is 11.3 Å². The molecule has 9 heteroatoms. The third-order valence-corrected chi connectivity index (χ3v) is 4.58. The smallest absolute Gasteiger partial charge is 0.273 e. The van der Waals surface area contributed by atoms with Gasteiger partial charge in [0.15, 0.2) is 11.5 Å². The van der Waals surface area contributed by atoms with E-state index in [1.54, 1.807) is 23.1 Å². The van der Waals surface area contributed by atoms with Gasteiger partial charge in [0.25, 0.3) is 5.91 Å². The molecule has 0 aliphatic carbocycles. The number of carbonyl (C=O) groups excluding carboxylic acids is 2. The van der Waals surface area contributed by atoms with Gasteiger partial charge >= 0.3 is 0 Å². The van der Waals surface area contributed by atoms with Crippen molar-refractivity contribution in [2.45, 2.75) is 25.9 Å². The van der Waals surface area contributed by atoms with Crippen molar-refractivity contribution in [2.75, 3.05) is 11.4 Å². The summed E-state index contributed by atoms with van der Waals surface area (Å²) in [5, 5.41) is 10.8. The number of hydrogen-bond acceptors (Lipinski definition) is 5. The molecule has 8 nitrogen and oxygen atoms in total. The fourth-order valence-corrected chi connectivity index (χ4v) is 3.12. The highest BCUT2D eigenvalue weighted by atomic mass is 19.1. The van der Waals surface area contributed by atoms with E-state index in [2.05, 4.69) is 15.6 Å². The predicted octanol–water partition coefficient (Wildman–Crippen LogP) is 2.23. The molecule has 1 N–H and O–H groups in total. The van der Waals surface area contributed by atoms with Gasteiger partial charge in [0.05, 0.1) is 17.8 Å². The molecule has 28 heavy (non-hydrogen) atoms.